The largest absolute Gasteiger partial charge is 0.490 e. The van der Waals surface area contributed by atoms with Gasteiger partial charge in [-0.1, -0.05) is 4.98 Å². The Morgan fingerprint density at radius 2 is 2.12 bits per heavy atom. The number of piperazine rings is 1. The number of nitrogens with one attached hydrogen (secondary N) is 2. The molecule has 1 aromatic heterocycles. The van der Waals surface area contributed by atoms with E-state index in [0.717, 1.165) is 11.0 Å². The lowest BCUT2D eigenvalue weighted by Crippen LogP contribution is -2.57. The van der Waals surface area contributed by atoms with E-state index in [4.69, 9.17) is 0 Å². The highest BCUT2D eigenvalue weighted by molar-refractivity contribution is 5.75. The van der Waals surface area contributed by atoms with Crippen LogP contribution < -0.4 is 10.6 Å². The zero-order valence-electron chi connectivity index (χ0n) is 12.5. The second kappa shape index (κ2) is 7.53. The molecule has 1 atom stereocenters. The Bertz CT molecular complexity index is 586. The summed E-state index contributed by atoms with van der Waals surface area (Å²) in [7, 11) is 0. The zero-order chi connectivity index (χ0) is 17.7. The minimum Gasteiger partial charge on any atom is -0.390 e. The van der Waals surface area contributed by atoms with Crippen LogP contribution in [0.1, 0.15) is 0 Å². The summed E-state index contributed by atoms with van der Waals surface area (Å²) in [6.45, 7) is 0.309. The van der Waals surface area contributed by atoms with Crippen LogP contribution >= 0.6 is 0 Å². The van der Waals surface area contributed by atoms with Crippen LogP contribution in [-0.2, 0) is 11.3 Å². The number of alkyl halides is 3. The molecular formula is C11H16F3N7O3. The highest BCUT2D eigenvalue weighted by Gasteiger charge is 2.43. The van der Waals surface area contributed by atoms with Crippen molar-refractivity contribution in [3.63, 3.8) is 0 Å². The molecule has 10 nitrogen and oxygen atoms in total. The number of rotatable bonds is 6. The van der Waals surface area contributed by atoms with E-state index in [2.05, 4.69) is 20.7 Å². The molecule has 1 unspecified atom stereocenters. The van der Waals surface area contributed by atoms with Crippen molar-refractivity contribution < 1.29 is 22.9 Å². The van der Waals surface area contributed by atoms with Crippen LogP contribution in [0.15, 0.2) is 6.33 Å². The van der Waals surface area contributed by atoms with Gasteiger partial charge in [-0.2, -0.15) is 17.9 Å². The predicted octanol–water partition coefficient (Wildman–Crippen LogP) is -0.861. The van der Waals surface area contributed by atoms with E-state index in [0.29, 0.717) is 13.1 Å². The van der Waals surface area contributed by atoms with Crippen molar-refractivity contribution in [3.05, 3.63) is 16.4 Å². The molecule has 0 bridgehead atoms. The molecule has 1 aromatic rings. The minimum absolute atomic E-state index is 0.231. The monoisotopic (exact) mass is 351 g/mol. The first kappa shape index (κ1) is 18.1. The molecule has 134 valence electrons. The number of amides is 1. The Morgan fingerprint density at radius 1 is 1.46 bits per heavy atom. The average molecular weight is 351 g/mol. The van der Waals surface area contributed by atoms with Gasteiger partial charge in [0.15, 0.2) is 0 Å². The first-order chi connectivity index (χ1) is 11.3. The Labute approximate surface area is 134 Å². The molecule has 2 heterocycles. The van der Waals surface area contributed by atoms with Crippen molar-refractivity contribution in [1.82, 2.24) is 30.3 Å². The molecule has 2 N–H and O–H groups in total. The summed E-state index contributed by atoms with van der Waals surface area (Å²) in [5, 5.41) is 19.0. The summed E-state index contributed by atoms with van der Waals surface area (Å²) in [5.41, 5.74) is 0. The second-order valence-electron chi connectivity index (χ2n) is 5.15. The van der Waals surface area contributed by atoms with Gasteiger partial charge in [-0.25, -0.2) is 0 Å². The maximum atomic E-state index is 13.2. The summed E-state index contributed by atoms with van der Waals surface area (Å²) in [6, 6.07) is -1.78. The van der Waals surface area contributed by atoms with Gasteiger partial charge < -0.3 is 20.7 Å². The number of nitrogens with zero attached hydrogens (tertiary/aromatic N) is 5. The maximum absolute atomic E-state index is 13.2. The number of hydrogen-bond donors (Lipinski definition) is 2. The Balaban J connectivity index is 1.90. The number of carbonyl (C=O) groups excluding carboxylic acids is 1. The number of halogens is 3. The molecular weight excluding hydrogens is 335 g/mol. The van der Waals surface area contributed by atoms with Gasteiger partial charge >= 0.3 is 12.1 Å². The third-order valence-electron chi connectivity index (χ3n) is 3.46. The fraction of sp³-hybridized carbons (Fsp3) is 0.727. The molecule has 1 saturated heterocycles. The molecule has 1 aliphatic heterocycles. The van der Waals surface area contributed by atoms with Crippen LogP contribution in [0.2, 0.25) is 0 Å². The van der Waals surface area contributed by atoms with Gasteiger partial charge in [0.05, 0.1) is 0 Å². The van der Waals surface area contributed by atoms with Crippen LogP contribution in [0.4, 0.5) is 19.1 Å². The SMILES string of the molecule is O=C(Cn1cnc([N+](=O)[O-])n1)NCC(N1CCNCC1)C(F)(F)F. The number of hydrogen-bond acceptors (Lipinski definition) is 7. The summed E-state index contributed by atoms with van der Waals surface area (Å²) in [6.07, 6.45) is -3.51. The number of aromatic nitrogens is 3. The predicted molar refractivity (Wildman–Crippen MR) is 74.0 cm³/mol. The third-order valence-corrected chi connectivity index (χ3v) is 3.46. The minimum atomic E-state index is -4.48. The zero-order valence-corrected chi connectivity index (χ0v) is 12.5. The smallest absolute Gasteiger partial charge is 0.390 e. The van der Waals surface area contributed by atoms with Crippen LogP contribution in [-0.4, -0.2) is 75.4 Å². The lowest BCUT2D eigenvalue weighted by molar-refractivity contribution is -0.394. The molecule has 24 heavy (non-hydrogen) atoms. The van der Waals surface area contributed by atoms with Gasteiger partial charge in [0.2, 0.25) is 12.2 Å². The van der Waals surface area contributed by atoms with Crippen molar-refractivity contribution in [3.8, 4) is 0 Å². The van der Waals surface area contributed by atoms with Gasteiger partial charge in [0.1, 0.15) is 12.6 Å². The van der Waals surface area contributed by atoms with E-state index in [-0.39, 0.29) is 13.1 Å². The van der Waals surface area contributed by atoms with Crippen molar-refractivity contribution in [1.29, 1.82) is 0 Å². The van der Waals surface area contributed by atoms with E-state index in [1.807, 2.05) is 0 Å². The normalized spacial score (nSPS) is 17.5. The average Bonchev–Trinajstić information content (AvgIpc) is 2.96. The summed E-state index contributed by atoms with van der Waals surface area (Å²) < 4.78 is 40.4. The molecule has 0 spiro atoms. The first-order valence-electron chi connectivity index (χ1n) is 7.09. The molecule has 1 aliphatic rings. The van der Waals surface area contributed by atoms with Crippen molar-refractivity contribution in [2.45, 2.75) is 18.8 Å². The van der Waals surface area contributed by atoms with Crippen LogP contribution in [0, 0.1) is 10.1 Å². The fourth-order valence-corrected chi connectivity index (χ4v) is 2.30. The first-order valence-corrected chi connectivity index (χ1v) is 7.09. The molecule has 1 amide bonds. The molecule has 0 saturated carbocycles. The van der Waals surface area contributed by atoms with Crippen molar-refractivity contribution in [2.75, 3.05) is 32.7 Å². The Morgan fingerprint density at radius 3 is 2.67 bits per heavy atom. The number of nitro groups is 1. The van der Waals surface area contributed by atoms with Crippen LogP contribution in [0.25, 0.3) is 0 Å². The highest BCUT2D eigenvalue weighted by Crippen LogP contribution is 2.24. The maximum Gasteiger partial charge on any atom is 0.490 e. The van der Waals surface area contributed by atoms with E-state index in [1.54, 1.807) is 0 Å². The van der Waals surface area contributed by atoms with Crippen LogP contribution in [0.5, 0.6) is 0 Å². The standard InChI is InChI=1S/C11H16F3N7O3/c12-11(13,14)8(19-3-1-15-2-4-19)5-16-9(22)6-20-7-17-10(18-20)21(23)24/h7-8,15H,1-6H2,(H,16,22). The van der Waals surface area contributed by atoms with Gasteiger partial charge in [-0.3, -0.25) is 9.69 Å². The summed E-state index contributed by atoms with van der Waals surface area (Å²) in [4.78, 5) is 25.9. The second-order valence-corrected chi connectivity index (χ2v) is 5.15. The van der Waals surface area contributed by atoms with E-state index >= 15 is 0 Å². The quantitative estimate of drug-likeness (QED) is 0.506. The van der Waals surface area contributed by atoms with Gasteiger partial charge in [0.25, 0.3) is 0 Å². The molecule has 0 aliphatic carbocycles. The van der Waals surface area contributed by atoms with Gasteiger partial charge in [-0.05, 0) is 4.92 Å². The Hall–Kier alpha value is -2.28. The fourth-order valence-electron chi connectivity index (χ4n) is 2.30. The highest BCUT2D eigenvalue weighted by atomic mass is 19.4. The third kappa shape index (κ3) is 4.86. The topological polar surface area (TPSA) is 118 Å². The lowest BCUT2D eigenvalue weighted by Gasteiger charge is -2.35. The van der Waals surface area contributed by atoms with E-state index < -0.39 is 42.1 Å². The van der Waals surface area contributed by atoms with E-state index in [9.17, 15) is 28.1 Å². The summed E-state index contributed by atoms with van der Waals surface area (Å²) in [5.74, 6) is -1.42. The van der Waals surface area contributed by atoms with Crippen LogP contribution in [0.3, 0.4) is 0 Å². The van der Waals surface area contributed by atoms with Crippen molar-refractivity contribution >= 4 is 11.9 Å². The molecule has 0 aromatic carbocycles. The summed E-state index contributed by atoms with van der Waals surface area (Å²) >= 11 is 0. The van der Waals surface area contributed by atoms with Gasteiger partial charge in [-0.15, -0.1) is 0 Å². The molecule has 13 heteroatoms. The number of carbonyl (C=O) groups is 1. The lowest BCUT2D eigenvalue weighted by atomic mass is 10.2. The molecule has 2 rings (SSSR count). The van der Waals surface area contributed by atoms with Crippen molar-refractivity contribution in [2.24, 2.45) is 0 Å². The van der Waals surface area contributed by atoms with E-state index in [1.165, 1.54) is 4.90 Å². The molecule has 0 radical (unpaired) electrons. The Kier molecular flexibility index (Phi) is 5.66. The van der Waals surface area contributed by atoms with Gasteiger partial charge in [0, 0.05) is 37.8 Å². The molecule has 1 fully saturated rings.